The summed E-state index contributed by atoms with van der Waals surface area (Å²) in [7, 11) is 0. The van der Waals surface area contributed by atoms with Gasteiger partial charge in [0.15, 0.2) is 0 Å². The number of phenols is 1. The van der Waals surface area contributed by atoms with Crippen molar-refractivity contribution in [2.24, 2.45) is 5.92 Å². The summed E-state index contributed by atoms with van der Waals surface area (Å²) in [6.07, 6.45) is 3.70. The highest BCUT2D eigenvalue weighted by molar-refractivity contribution is 6.31. The highest BCUT2D eigenvalue weighted by atomic mass is 35.5. The second kappa shape index (κ2) is 8.28. The maximum absolute atomic E-state index is 13.8. The summed E-state index contributed by atoms with van der Waals surface area (Å²) in [5.41, 5.74) is 2.49. The van der Waals surface area contributed by atoms with Crippen molar-refractivity contribution < 1.29 is 14.7 Å². The van der Waals surface area contributed by atoms with Crippen molar-refractivity contribution in [2.45, 2.75) is 44.2 Å². The molecule has 182 valence electrons. The predicted octanol–water partition coefficient (Wildman–Crippen LogP) is 4.59. The number of halogens is 1. The molecule has 3 amide bonds. The fraction of sp³-hybridized carbons (Fsp3) is 0.407. The van der Waals surface area contributed by atoms with Crippen LogP contribution in [-0.2, 0) is 11.2 Å². The number of hydrogen-bond donors (Lipinski definition) is 3. The molecule has 6 rings (SSSR count). The summed E-state index contributed by atoms with van der Waals surface area (Å²) in [6.45, 7) is 4.04. The van der Waals surface area contributed by atoms with Crippen LogP contribution in [0.4, 0.5) is 4.79 Å². The van der Waals surface area contributed by atoms with Gasteiger partial charge in [-0.05, 0) is 86.7 Å². The van der Waals surface area contributed by atoms with Crippen molar-refractivity contribution in [2.75, 3.05) is 19.6 Å². The van der Waals surface area contributed by atoms with Gasteiger partial charge in [-0.15, -0.1) is 0 Å². The highest BCUT2D eigenvalue weighted by Gasteiger charge is 2.60. The minimum Gasteiger partial charge on any atom is -0.508 e. The number of imide groups is 1. The molecular formula is C27H29ClN4O3. The second-order valence-corrected chi connectivity index (χ2v) is 10.7. The van der Waals surface area contributed by atoms with Crippen molar-refractivity contribution in [3.63, 3.8) is 0 Å². The standard InChI is InChI=1S/C27H29ClN4O3/c1-27-14-21-20-13-18(28)8-9-22(20)30-23(21)24(17-4-2-5-19(33)12-17)32(27)26(35)31(25(27)34)11-3-10-29-15-16-6-7-16/h2,4-5,8-9,12-13,16,24,29-30,33H,3,6-7,10-11,14-15H2,1H3/t24-,27+/m1/s1. The third kappa shape index (κ3) is 3.69. The van der Waals surface area contributed by atoms with Crippen LogP contribution in [0.25, 0.3) is 10.9 Å². The Hall–Kier alpha value is -3.03. The summed E-state index contributed by atoms with van der Waals surface area (Å²) < 4.78 is 0. The number of fused-ring (bicyclic) bond motifs is 4. The molecule has 8 heteroatoms. The number of aromatic hydroxyl groups is 1. The summed E-state index contributed by atoms with van der Waals surface area (Å²) in [6, 6.07) is 11.8. The molecule has 2 aromatic carbocycles. The first kappa shape index (κ1) is 22.4. The molecule has 0 bridgehead atoms. The molecule has 2 fully saturated rings. The number of urea groups is 1. The monoisotopic (exact) mass is 492 g/mol. The molecule has 3 aromatic rings. The quantitative estimate of drug-likeness (QED) is 0.332. The van der Waals surface area contributed by atoms with Gasteiger partial charge in [-0.2, -0.15) is 0 Å². The van der Waals surface area contributed by atoms with Crippen LogP contribution in [0.1, 0.15) is 49.0 Å². The molecule has 35 heavy (non-hydrogen) atoms. The first-order valence-corrected chi connectivity index (χ1v) is 12.7. The molecule has 0 spiro atoms. The van der Waals surface area contributed by atoms with E-state index >= 15 is 0 Å². The maximum Gasteiger partial charge on any atom is 0.328 e. The zero-order chi connectivity index (χ0) is 24.3. The van der Waals surface area contributed by atoms with Gasteiger partial charge in [0, 0.05) is 34.6 Å². The molecule has 0 radical (unpaired) electrons. The van der Waals surface area contributed by atoms with E-state index in [9.17, 15) is 14.7 Å². The number of carbonyl (C=O) groups excluding carboxylic acids is 2. The Kier molecular flexibility index (Phi) is 5.31. The van der Waals surface area contributed by atoms with Crippen LogP contribution in [0.5, 0.6) is 5.75 Å². The number of aromatic amines is 1. The van der Waals surface area contributed by atoms with Gasteiger partial charge in [-0.1, -0.05) is 23.7 Å². The lowest BCUT2D eigenvalue weighted by Crippen LogP contribution is -2.53. The van der Waals surface area contributed by atoms with Crippen molar-refractivity contribution in [3.8, 4) is 5.75 Å². The van der Waals surface area contributed by atoms with Crippen LogP contribution >= 0.6 is 11.6 Å². The fourth-order valence-corrected chi connectivity index (χ4v) is 5.89. The number of nitrogens with zero attached hydrogens (tertiary/aromatic N) is 2. The van der Waals surface area contributed by atoms with Crippen LogP contribution in [0, 0.1) is 5.92 Å². The van der Waals surface area contributed by atoms with Crippen molar-refractivity contribution in [3.05, 3.63) is 64.3 Å². The molecule has 2 atom stereocenters. The number of rotatable bonds is 7. The number of benzene rings is 2. The molecule has 0 unspecified atom stereocenters. The molecule has 7 nitrogen and oxygen atoms in total. The summed E-state index contributed by atoms with van der Waals surface area (Å²) in [5.74, 6) is 0.738. The van der Waals surface area contributed by atoms with Gasteiger partial charge in [-0.3, -0.25) is 14.6 Å². The maximum atomic E-state index is 13.8. The molecule has 3 N–H and O–H groups in total. The highest BCUT2D eigenvalue weighted by Crippen LogP contribution is 2.49. The van der Waals surface area contributed by atoms with E-state index in [1.54, 1.807) is 23.1 Å². The third-order valence-corrected chi connectivity index (χ3v) is 7.91. The van der Waals surface area contributed by atoms with E-state index in [4.69, 9.17) is 11.6 Å². The Morgan fingerprint density at radius 1 is 1.20 bits per heavy atom. The van der Waals surface area contributed by atoms with E-state index in [1.807, 2.05) is 31.2 Å². The average Bonchev–Trinajstić information content (AvgIpc) is 3.56. The number of hydrogen-bond acceptors (Lipinski definition) is 4. The topological polar surface area (TPSA) is 88.7 Å². The fourth-order valence-electron chi connectivity index (χ4n) is 5.71. The number of phenolic OH excluding ortho intramolecular Hbond substituents is 1. The van der Waals surface area contributed by atoms with Gasteiger partial charge >= 0.3 is 6.03 Å². The molecular weight excluding hydrogens is 464 g/mol. The largest absolute Gasteiger partial charge is 0.508 e. The lowest BCUT2D eigenvalue weighted by molar-refractivity contribution is -0.133. The van der Waals surface area contributed by atoms with Crippen LogP contribution in [0.2, 0.25) is 5.02 Å². The van der Waals surface area contributed by atoms with Gasteiger partial charge in [0.25, 0.3) is 5.91 Å². The van der Waals surface area contributed by atoms with Gasteiger partial charge in [0.1, 0.15) is 17.3 Å². The average molecular weight is 493 g/mol. The molecule has 1 saturated carbocycles. The zero-order valence-corrected chi connectivity index (χ0v) is 20.4. The number of amides is 3. The molecule has 1 aromatic heterocycles. The lowest BCUT2D eigenvalue weighted by Gasteiger charge is -2.42. The third-order valence-electron chi connectivity index (χ3n) is 7.68. The van der Waals surface area contributed by atoms with E-state index in [0.29, 0.717) is 18.0 Å². The van der Waals surface area contributed by atoms with E-state index in [0.717, 1.165) is 53.2 Å². The summed E-state index contributed by atoms with van der Waals surface area (Å²) in [4.78, 5) is 34.2. The minimum absolute atomic E-state index is 0.118. The van der Waals surface area contributed by atoms with Gasteiger partial charge < -0.3 is 15.4 Å². The minimum atomic E-state index is -1.03. The Morgan fingerprint density at radius 2 is 2.03 bits per heavy atom. The predicted molar refractivity (Wildman–Crippen MR) is 135 cm³/mol. The first-order chi connectivity index (χ1) is 16.9. The van der Waals surface area contributed by atoms with Crippen LogP contribution in [0.3, 0.4) is 0 Å². The Bertz CT molecular complexity index is 1330. The zero-order valence-electron chi connectivity index (χ0n) is 19.7. The molecule has 2 aliphatic heterocycles. The summed E-state index contributed by atoms with van der Waals surface area (Å²) in [5, 5.41) is 15.3. The SMILES string of the molecule is C[C@@]12Cc3c([nH]c4ccc(Cl)cc34)[C@@H](c3cccc(O)c3)N1C(=O)N(CCCNCC1CC1)C2=O. The van der Waals surface area contributed by atoms with E-state index < -0.39 is 11.6 Å². The smallest absolute Gasteiger partial charge is 0.328 e. The van der Waals surface area contributed by atoms with Gasteiger partial charge in [0.05, 0.1) is 0 Å². The van der Waals surface area contributed by atoms with Gasteiger partial charge in [0.2, 0.25) is 0 Å². The summed E-state index contributed by atoms with van der Waals surface area (Å²) >= 11 is 6.33. The van der Waals surface area contributed by atoms with E-state index in [-0.39, 0.29) is 17.7 Å². The van der Waals surface area contributed by atoms with Crippen LogP contribution < -0.4 is 5.32 Å². The van der Waals surface area contributed by atoms with Crippen molar-refractivity contribution >= 4 is 34.4 Å². The lowest BCUT2D eigenvalue weighted by atomic mass is 9.81. The van der Waals surface area contributed by atoms with E-state index in [1.165, 1.54) is 17.7 Å². The Balaban J connectivity index is 1.39. The number of nitrogens with one attached hydrogen (secondary N) is 2. The Labute approximate surface area is 209 Å². The van der Waals surface area contributed by atoms with Crippen molar-refractivity contribution in [1.29, 1.82) is 0 Å². The molecule has 1 aliphatic carbocycles. The van der Waals surface area contributed by atoms with E-state index in [2.05, 4.69) is 10.3 Å². The Morgan fingerprint density at radius 3 is 2.80 bits per heavy atom. The second-order valence-electron chi connectivity index (χ2n) is 10.3. The number of aromatic nitrogens is 1. The van der Waals surface area contributed by atoms with Crippen LogP contribution in [-0.4, -0.2) is 57.0 Å². The normalized spacial score (nSPS) is 23.8. The van der Waals surface area contributed by atoms with Gasteiger partial charge in [-0.25, -0.2) is 4.79 Å². The number of H-pyrrole nitrogens is 1. The first-order valence-electron chi connectivity index (χ1n) is 12.3. The molecule has 3 aliphatic rings. The number of carbonyl (C=O) groups is 2. The van der Waals surface area contributed by atoms with Crippen LogP contribution in [0.15, 0.2) is 42.5 Å². The molecule has 1 saturated heterocycles. The molecule has 3 heterocycles. The van der Waals surface area contributed by atoms with Crippen molar-refractivity contribution in [1.82, 2.24) is 20.1 Å².